The molecule has 11 nitrogen and oxygen atoms in total. The molecule has 2 fully saturated rings. The van der Waals surface area contributed by atoms with E-state index in [2.05, 4.69) is 25.8 Å². The molecule has 0 aliphatic carbocycles. The molecule has 0 atom stereocenters. The van der Waals surface area contributed by atoms with Crippen LogP contribution in [0.25, 0.3) is 21.6 Å². The Bertz CT molecular complexity index is 1200. The van der Waals surface area contributed by atoms with E-state index in [9.17, 15) is 9.90 Å². The van der Waals surface area contributed by atoms with Crippen LogP contribution in [0.5, 0.6) is 0 Å². The Balaban J connectivity index is 1.39. The number of thiophene rings is 1. The number of anilines is 2. The number of piperazine rings is 1. The van der Waals surface area contributed by atoms with Crippen molar-refractivity contribution >= 4 is 39.2 Å². The van der Waals surface area contributed by atoms with E-state index in [-0.39, 0.29) is 11.9 Å². The molecule has 1 amide bonds. The first-order valence-electron chi connectivity index (χ1n) is 11.7. The fourth-order valence-electron chi connectivity index (χ4n) is 4.33. The van der Waals surface area contributed by atoms with Gasteiger partial charge in [-0.15, -0.1) is 11.3 Å². The van der Waals surface area contributed by atoms with E-state index in [4.69, 9.17) is 20.4 Å². The fraction of sp³-hybridized carbons (Fsp3) is 0.522. The maximum atomic E-state index is 12.4. The maximum Gasteiger partial charge on any atom is 0.254 e. The molecular weight excluding hydrogens is 468 g/mol. The summed E-state index contributed by atoms with van der Waals surface area (Å²) in [5.74, 6) is 1.47. The van der Waals surface area contributed by atoms with Gasteiger partial charge in [-0.2, -0.15) is 0 Å². The molecule has 186 valence electrons. The first-order valence-corrected chi connectivity index (χ1v) is 12.5. The molecule has 0 unspecified atom stereocenters. The molecule has 5 rings (SSSR count). The van der Waals surface area contributed by atoms with E-state index in [1.54, 1.807) is 28.6 Å². The molecule has 2 aliphatic heterocycles. The lowest BCUT2D eigenvalue weighted by Crippen LogP contribution is -2.53. The first-order chi connectivity index (χ1) is 16.8. The van der Waals surface area contributed by atoms with Gasteiger partial charge in [-0.1, -0.05) is 0 Å². The maximum absolute atomic E-state index is 12.4. The van der Waals surface area contributed by atoms with Crippen molar-refractivity contribution in [3.63, 3.8) is 0 Å². The van der Waals surface area contributed by atoms with Gasteiger partial charge in [0.05, 0.1) is 29.0 Å². The van der Waals surface area contributed by atoms with Crippen LogP contribution in [0.1, 0.15) is 18.7 Å². The van der Waals surface area contributed by atoms with E-state index >= 15 is 0 Å². The van der Waals surface area contributed by atoms with Gasteiger partial charge in [0, 0.05) is 63.1 Å². The van der Waals surface area contributed by atoms with E-state index in [0.717, 1.165) is 54.3 Å². The lowest BCUT2D eigenvalue weighted by Gasteiger charge is -2.36. The second-order valence-corrected chi connectivity index (χ2v) is 10.5. The minimum atomic E-state index is -1.34. The molecule has 5 heterocycles. The molecule has 3 aromatic rings. The number of hydrogen-bond donors (Lipinski definition) is 2. The summed E-state index contributed by atoms with van der Waals surface area (Å²) in [5, 5.41) is 10.0. The lowest BCUT2D eigenvalue weighted by atomic mass is 10.1. The van der Waals surface area contributed by atoms with Crippen LogP contribution in [0.2, 0.25) is 0 Å². The van der Waals surface area contributed by atoms with E-state index in [0.29, 0.717) is 32.1 Å². The Morgan fingerprint density at radius 2 is 1.80 bits per heavy atom. The van der Waals surface area contributed by atoms with Gasteiger partial charge < -0.3 is 25.4 Å². The predicted molar refractivity (Wildman–Crippen MR) is 134 cm³/mol. The summed E-state index contributed by atoms with van der Waals surface area (Å²) in [6.45, 7) is 9.44. The standard InChI is InChI=1S/C23H30N8O3S/c1-23(2,33)21(32)31-5-3-29(4-6-31)14-16-11-17-18(35-16)20(30-7-9-34-10-8-30)28-19(27-17)15-12-25-22(24)26-13-15/h11-13,33H,3-10,14H2,1-2H3,(H2,24,25,26). The molecule has 35 heavy (non-hydrogen) atoms. The number of hydrogen-bond acceptors (Lipinski definition) is 11. The molecule has 2 saturated heterocycles. The number of rotatable bonds is 5. The number of amides is 1. The van der Waals surface area contributed by atoms with Crippen LogP contribution >= 0.6 is 11.3 Å². The Morgan fingerprint density at radius 1 is 1.11 bits per heavy atom. The summed E-state index contributed by atoms with van der Waals surface area (Å²) < 4.78 is 6.60. The normalized spacial score (nSPS) is 17.8. The molecule has 0 saturated carbocycles. The van der Waals surface area contributed by atoms with E-state index < -0.39 is 5.60 Å². The third-order valence-electron chi connectivity index (χ3n) is 6.21. The summed E-state index contributed by atoms with van der Waals surface area (Å²) in [7, 11) is 0. The van der Waals surface area contributed by atoms with E-state index in [1.165, 1.54) is 18.7 Å². The fourth-order valence-corrected chi connectivity index (χ4v) is 5.49. The largest absolute Gasteiger partial charge is 0.381 e. The highest BCUT2D eigenvalue weighted by molar-refractivity contribution is 7.19. The second-order valence-electron chi connectivity index (χ2n) is 9.35. The number of nitrogens with two attached hydrogens (primary N) is 1. The Labute approximate surface area is 207 Å². The predicted octanol–water partition coefficient (Wildman–Crippen LogP) is 0.982. The highest BCUT2D eigenvalue weighted by atomic mass is 32.1. The minimum Gasteiger partial charge on any atom is -0.381 e. The topological polar surface area (TPSA) is 134 Å². The summed E-state index contributed by atoms with van der Waals surface area (Å²) in [6, 6.07) is 2.13. The van der Waals surface area contributed by atoms with Gasteiger partial charge in [0.1, 0.15) is 5.60 Å². The van der Waals surface area contributed by atoms with Crippen molar-refractivity contribution in [1.82, 2.24) is 29.7 Å². The van der Waals surface area contributed by atoms with Crippen molar-refractivity contribution in [2.24, 2.45) is 0 Å². The number of nitrogen functional groups attached to an aromatic ring is 1. The minimum absolute atomic E-state index is 0.213. The first kappa shape index (κ1) is 23.8. The second kappa shape index (κ2) is 9.61. The van der Waals surface area contributed by atoms with Crippen LogP contribution in [0, 0.1) is 0 Å². The quantitative estimate of drug-likeness (QED) is 0.524. The average molecular weight is 499 g/mol. The van der Waals surface area contributed by atoms with Crippen LogP contribution in [-0.4, -0.2) is 98.8 Å². The zero-order valence-corrected chi connectivity index (χ0v) is 20.8. The Morgan fingerprint density at radius 3 is 2.46 bits per heavy atom. The monoisotopic (exact) mass is 498 g/mol. The number of carbonyl (C=O) groups is 1. The summed E-state index contributed by atoms with van der Waals surface area (Å²) in [5.41, 5.74) is 5.93. The van der Waals surface area contributed by atoms with Crippen molar-refractivity contribution < 1.29 is 14.6 Å². The van der Waals surface area contributed by atoms with E-state index in [1.807, 2.05) is 0 Å². The number of morpholine rings is 1. The van der Waals surface area contributed by atoms with Gasteiger partial charge >= 0.3 is 0 Å². The van der Waals surface area contributed by atoms with Crippen molar-refractivity contribution in [1.29, 1.82) is 0 Å². The molecule has 3 aromatic heterocycles. The number of aliphatic hydroxyl groups is 1. The Kier molecular flexibility index (Phi) is 6.53. The Hall–Kier alpha value is -2.93. The van der Waals surface area contributed by atoms with Gasteiger partial charge in [0.25, 0.3) is 5.91 Å². The highest BCUT2D eigenvalue weighted by Crippen LogP contribution is 2.35. The van der Waals surface area contributed by atoms with Crippen LogP contribution in [-0.2, 0) is 16.1 Å². The molecule has 0 spiro atoms. The SMILES string of the molecule is CC(C)(O)C(=O)N1CCN(Cc2cc3nc(-c4cnc(N)nc4)nc(N4CCOCC4)c3s2)CC1. The highest BCUT2D eigenvalue weighted by Gasteiger charge is 2.31. The van der Waals surface area contributed by atoms with Gasteiger partial charge in [0.2, 0.25) is 5.95 Å². The number of carbonyl (C=O) groups excluding carboxylic acids is 1. The third-order valence-corrected chi connectivity index (χ3v) is 7.31. The average Bonchev–Trinajstić information content (AvgIpc) is 3.26. The lowest BCUT2D eigenvalue weighted by molar-refractivity contribution is -0.149. The molecule has 0 aromatic carbocycles. The van der Waals surface area contributed by atoms with Crippen LogP contribution < -0.4 is 10.6 Å². The molecule has 0 radical (unpaired) electrons. The molecule has 2 aliphatic rings. The van der Waals surface area contributed by atoms with Gasteiger partial charge in [-0.3, -0.25) is 9.69 Å². The van der Waals surface area contributed by atoms with Crippen molar-refractivity contribution in [2.75, 3.05) is 63.1 Å². The van der Waals surface area contributed by atoms with Crippen LogP contribution in [0.3, 0.4) is 0 Å². The summed E-state index contributed by atoms with van der Waals surface area (Å²) in [6.07, 6.45) is 3.29. The van der Waals surface area contributed by atoms with Crippen molar-refractivity contribution in [3.05, 3.63) is 23.3 Å². The number of ether oxygens (including phenoxy) is 1. The molecule has 12 heteroatoms. The molecule has 3 N–H and O–H groups in total. The third kappa shape index (κ3) is 5.20. The van der Waals surface area contributed by atoms with Gasteiger partial charge in [-0.25, -0.2) is 19.9 Å². The van der Waals surface area contributed by atoms with Gasteiger partial charge in [-0.05, 0) is 19.9 Å². The van der Waals surface area contributed by atoms with Crippen molar-refractivity contribution in [2.45, 2.75) is 26.0 Å². The van der Waals surface area contributed by atoms with Crippen LogP contribution in [0.15, 0.2) is 18.5 Å². The van der Waals surface area contributed by atoms with Crippen molar-refractivity contribution in [3.8, 4) is 11.4 Å². The smallest absolute Gasteiger partial charge is 0.254 e. The summed E-state index contributed by atoms with van der Waals surface area (Å²) >= 11 is 1.71. The summed E-state index contributed by atoms with van der Waals surface area (Å²) in [4.78, 5) is 37.8. The zero-order valence-electron chi connectivity index (χ0n) is 20.0. The van der Waals surface area contributed by atoms with Gasteiger partial charge in [0.15, 0.2) is 11.6 Å². The van der Waals surface area contributed by atoms with Crippen LogP contribution in [0.4, 0.5) is 11.8 Å². The zero-order chi connectivity index (χ0) is 24.6. The molecular formula is C23H30N8O3S. The number of nitrogens with zero attached hydrogens (tertiary/aromatic N) is 7. The number of fused-ring (bicyclic) bond motifs is 1. The number of aromatic nitrogens is 4. The molecule has 0 bridgehead atoms.